The maximum atomic E-state index is 6.24. The highest BCUT2D eigenvalue weighted by atomic mass is 16.8. The highest BCUT2D eigenvalue weighted by Crippen LogP contribution is 2.31. The van der Waals surface area contributed by atoms with E-state index >= 15 is 0 Å². The number of nitrogens with zero attached hydrogens (tertiary/aromatic N) is 2. The molecule has 0 aromatic heterocycles. The van der Waals surface area contributed by atoms with Gasteiger partial charge in [-0.25, -0.2) is 0 Å². The molecule has 2 atom stereocenters. The normalized spacial score (nSPS) is 21.8. The lowest BCUT2D eigenvalue weighted by Gasteiger charge is -2.20. The summed E-state index contributed by atoms with van der Waals surface area (Å²) in [7, 11) is 3.07. The van der Waals surface area contributed by atoms with Gasteiger partial charge in [-0.15, -0.1) is 0 Å². The molecule has 6 heteroatoms. The molecule has 0 spiro atoms. The van der Waals surface area contributed by atoms with E-state index in [0.717, 1.165) is 22.6 Å². The first-order valence-corrected chi connectivity index (χ1v) is 9.65. The molecular weight excluding hydrogens is 368 g/mol. The number of hydrogen-bond acceptors (Lipinski definition) is 6. The van der Waals surface area contributed by atoms with Crippen molar-refractivity contribution in [3.8, 4) is 0 Å². The molecule has 1 fully saturated rings. The SMILES string of the molecule is CO/N=C(\Cc1ccccc1)[C@@H]1OC(C)(C)O[C@H]1/C(Cc1ccccc1)=N/OC. The third kappa shape index (κ3) is 5.65. The summed E-state index contributed by atoms with van der Waals surface area (Å²) in [6.07, 6.45) is 0.285. The van der Waals surface area contributed by atoms with E-state index in [1.165, 1.54) is 14.2 Å². The second kappa shape index (κ2) is 9.67. The first-order valence-electron chi connectivity index (χ1n) is 9.65. The quantitative estimate of drug-likeness (QED) is 0.500. The lowest BCUT2D eigenvalue weighted by Crippen LogP contribution is -2.39. The minimum Gasteiger partial charge on any atom is -0.399 e. The third-order valence-electron chi connectivity index (χ3n) is 4.63. The smallest absolute Gasteiger partial charge is 0.164 e. The highest BCUT2D eigenvalue weighted by Gasteiger charge is 2.46. The first kappa shape index (κ1) is 21.0. The number of ether oxygens (including phenoxy) is 2. The standard InChI is InChI=1S/C23H28N2O4/c1-23(2)28-21(19(24-26-3)15-17-11-7-5-8-12-17)22(29-23)20(25-27-4)16-18-13-9-6-10-14-18/h5-14,21-22H,15-16H2,1-4H3/b24-19+,25-20+/t21-,22-/m0/s1. The third-order valence-corrected chi connectivity index (χ3v) is 4.63. The average molecular weight is 396 g/mol. The molecule has 154 valence electrons. The summed E-state index contributed by atoms with van der Waals surface area (Å²) in [5.74, 6) is -0.786. The molecule has 0 unspecified atom stereocenters. The molecule has 1 aliphatic rings. The Hall–Kier alpha value is -2.70. The van der Waals surface area contributed by atoms with Gasteiger partial charge in [0.25, 0.3) is 0 Å². The molecule has 0 aliphatic carbocycles. The Labute approximate surface area is 172 Å². The van der Waals surface area contributed by atoms with Crippen LogP contribution in [-0.4, -0.2) is 43.6 Å². The van der Waals surface area contributed by atoms with E-state index in [0.29, 0.717) is 12.8 Å². The van der Waals surface area contributed by atoms with Crippen LogP contribution in [0.5, 0.6) is 0 Å². The Morgan fingerprint density at radius 1 is 0.759 bits per heavy atom. The Balaban J connectivity index is 1.91. The van der Waals surface area contributed by atoms with E-state index in [-0.39, 0.29) is 0 Å². The molecular formula is C23H28N2O4. The molecule has 0 amide bonds. The predicted molar refractivity (Wildman–Crippen MR) is 113 cm³/mol. The van der Waals surface area contributed by atoms with E-state index in [9.17, 15) is 0 Å². The van der Waals surface area contributed by atoms with Gasteiger partial charge in [0.05, 0.1) is 11.4 Å². The molecule has 2 aromatic rings. The van der Waals surface area contributed by atoms with Gasteiger partial charge < -0.3 is 19.1 Å². The van der Waals surface area contributed by atoms with Crippen LogP contribution in [-0.2, 0) is 32.0 Å². The van der Waals surface area contributed by atoms with Crippen LogP contribution in [0.1, 0.15) is 25.0 Å². The maximum absolute atomic E-state index is 6.24. The van der Waals surface area contributed by atoms with E-state index in [2.05, 4.69) is 34.6 Å². The summed E-state index contributed by atoms with van der Waals surface area (Å²) >= 11 is 0. The second-order valence-corrected chi connectivity index (χ2v) is 7.33. The number of oxime groups is 2. The monoisotopic (exact) mass is 396 g/mol. The fourth-order valence-corrected chi connectivity index (χ4v) is 3.46. The van der Waals surface area contributed by atoms with Crippen LogP contribution < -0.4 is 0 Å². The molecule has 1 heterocycles. The van der Waals surface area contributed by atoms with Crippen LogP contribution in [0.2, 0.25) is 0 Å². The molecule has 3 rings (SSSR count). The van der Waals surface area contributed by atoms with Gasteiger partial charge in [-0.3, -0.25) is 0 Å². The van der Waals surface area contributed by atoms with E-state index in [1.54, 1.807) is 0 Å². The zero-order valence-electron chi connectivity index (χ0n) is 17.4. The molecule has 1 saturated heterocycles. The predicted octanol–water partition coefficient (Wildman–Crippen LogP) is 4.00. The molecule has 0 bridgehead atoms. The molecule has 29 heavy (non-hydrogen) atoms. The van der Waals surface area contributed by atoms with Gasteiger partial charge in [-0.2, -0.15) is 0 Å². The van der Waals surface area contributed by atoms with Crippen molar-refractivity contribution in [3.05, 3.63) is 71.8 Å². The summed E-state index contributed by atoms with van der Waals surface area (Å²) in [4.78, 5) is 10.3. The summed E-state index contributed by atoms with van der Waals surface area (Å²) in [5, 5.41) is 8.57. The minimum atomic E-state index is -0.786. The largest absolute Gasteiger partial charge is 0.399 e. The molecule has 0 radical (unpaired) electrons. The van der Waals surface area contributed by atoms with Gasteiger partial charge in [0, 0.05) is 12.8 Å². The minimum absolute atomic E-state index is 0.442. The van der Waals surface area contributed by atoms with Crippen molar-refractivity contribution >= 4 is 11.4 Å². The molecule has 0 saturated carbocycles. The van der Waals surface area contributed by atoms with Gasteiger partial charge >= 0.3 is 0 Å². The fourth-order valence-electron chi connectivity index (χ4n) is 3.46. The topological polar surface area (TPSA) is 61.6 Å². The Morgan fingerprint density at radius 2 is 1.14 bits per heavy atom. The average Bonchev–Trinajstić information content (AvgIpc) is 3.04. The van der Waals surface area contributed by atoms with Crippen molar-refractivity contribution in [2.24, 2.45) is 10.3 Å². The van der Waals surface area contributed by atoms with Crippen molar-refractivity contribution < 1.29 is 19.1 Å². The lowest BCUT2D eigenvalue weighted by molar-refractivity contribution is -0.136. The number of hydrogen-bond donors (Lipinski definition) is 0. The van der Waals surface area contributed by atoms with Crippen LogP contribution in [0, 0.1) is 0 Å². The van der Waals surface area contributed by atoms with Crippen LogP contribution in [0.15, 0.2) is 71.0 Å². The molecule has 1 aliphatic heterocycles. The van der Waals surface area contributed by atoms with Crippen molar-refractivity contribution in [2.45, 2.75) is 44.7 Å². The summed E-state index contributed by atoms with van der Waals surface area (Å²) in [6, 6.07) is 20.2. The van der Waals surface area contributed by atoms with E-state index in [4.69, 9.17) is 19.1 Å². The van der Waals surface area contributed by atoms with Crippen LogP contribution in [0.3, 0.4) is 0 Å². The highest BCUT2D eigenvalue weighted by molar-refractivity contribution is 6.00. The number of benzene rings is 2. The maximum Gasteiger partial charge on any atom is 0.164 e. The molecule has 2 aromatic carbocycles. The van der Waals surface area contributed by atoms with Gasteiger partial charge in [0.15, 0.2) is 5.79 Å². The molecule has 0 N–H and O–H groups in total. The Bertz CT molecular complexity index is 765. The van der Waals surface area contributed by atoms with Crippen LogP contribution >= 0.6 is 0 Å². The van der Waals surface area contributed by atoms with E-state index < -0.39 is 18.0 Å². The van der Waals surface area contributed by atoms with Gasteiger partial charge in [0.2, 0.25) is 0 Å². The number of rotatable bonds is 8. The summed E-state index contributed by atoms with van der Waals surface area (Å²) < 4.78 is 12.5. The second-order valence-electron chi connectivity index (χ2n) is 7.33. The van der Waals surface area contributed by atoms with Crippen molar-refractivity contribution in [2.75, 3.05) is 14.2 Å². The van der Waals surface area contributed by atoms with Gasteiger partial charge in [-0.05, 0) is 25.0 Å². The van der Waals surface area contributed by atoms with Crippen molar-refractivity contribution in [1.29, 1.82) is 0 Å². The lowest BCUT2D eigenvalue weighted by atomic mass is 9.95. The van der Waals surface area contributed by atoms with Gasteiger partial charge in [-0.1, -0.05) is 71.0 Å². The molecule has 6 nitrogen and oxygen atoms in total. The Kier molecular flexibility index (Phi) is 7.01. The summed E-state index contributed by atoms with van der Waals surface area (Å²) in [6.45, 7) is 3.78. The van der Waals surface area contributed by atoms with Crippen molar-refractivity contribution in [3.63, 3.8) is 0 Å². The summed E-state index contributed by atoms with van der Waals surface area (Å²) in [5.41, 5.74) is 3.71. The van der Waals surface area contributed by atoms with Gasteiger partial charge in [0.1, 0.15) is 26.4 Å². The van der Waals surface area contributed by atoms with E-state index in [1.807, 2.05) is 50.2 Å². The first-order chi connectivity index (χ1) is 14.0. The van der Waals surface area contributed by atoms with Crippen molar-refractivity contribution in [1.82, 2.24) is 0 Å². The van der Waals surface area contributed by atoms with Crippen LogP contribution in [0.4, 0.5) is 0 Å². The zero-order chi connectivity index (χ0) is 20.7. The Morgan fingerprint density at radius 3 is 1.48 bits per heavy atom. The van der Waals surface area contributed by atoms with Crippen LogP contribution in [0.25, 0.3) is 0 Å². The zero-order valence-corrected chi connectivity index (χ0v) is 17.4. The fraction of sp³-hybridized carbons (Fsp3) is 0.391.